The third-order valence-corrected chi connectivity index (χ3v) is 3.82. The Morgan fingerprint density at radius 1 is 1.48 bits per heavy atom. The van der Waals surface area contributed by atoms with Crippen molar-refractivity contribution in [3.63, 3.8) is 0 Å². The van der Waals surface area contributed by atoms with Gasteiger partial charge in [-0.2, -0.15) is 13.7 Å². The van der Waals surface area contributed by atoms with E-state index in [4.69, 9.17) is 10.00 Å². The van der Waals surface area contributed by atoms with Crippen LogP contribution in [0.15, 0.2) is 27.5 Å². The minimum Gasteiger partial charge on any atom is -0.465 e. The van der Waals surface area contributed by atoms with Crippen LogP contribution in [0.25, 0.3) is 0 Å². The van der Waals surface area contributed by atoms with E-state index < -0.39 is 10.0 Å². The van der Waals surface area contributed by atoms with Gasteiger partial charge in [-0.05, 0) is 39.3 Å². The number of nitrogens with zero attached hydrogens (tertiary/aromatic N) is 2. The zero-order valence-corrected chi connectivity index (χ0v) is 13.4. The number of hydrogen-bond donors (Lipinski definition) is 1. The Morgan fingerprint density at radius 2 is 2.14 bits per heavy atom. The Hall–Kier alpha value is -2.07. The second-order valence-corrected chi connectivity index (χ2v) is 6.24. The minimum atomic E-state index is -4.01. The van der Waals surface area contributed by atoms with Gasteiger partial charge in [0.1, 0.15) is 11.0 Å². The lowest BCUT2D eigenvalue weighted by Crippen LogP contribution is -2.33. The normalized spacial score (nSPS) is 12.1. The van der Waals surface area contributed by atoms with Gasteiger partial charge in [-0.15, -0.1) is 4.40 Å². The maximum absolute atomic E-state index is 12.4. The molecule has 114 valence electrons. The first-order valence-corrected chi connectivity index (χ1v) is 7.99. The smallest absolute Gasteiger partial charge is 0.300 e. The van der Waals surface area contributed by atoms with Crippen molar-refractivity contribution in [2.75, 3.05) is 6.61 Å². The maximum atomic E-state index is 12.4. The number of hydrogen-bond acceptors (Lipinski definition) is 4. The van der Waals surface area contributed by atoms with Crippen LogP contribution in [0, 0.1) is 18.3 Å². The van der Waals surface area contributed by atoms with E-state index in [1.165, 1.54) is 6.07 Å². The molecule has 0 radical (unpaired) electrons. The fraction of sp³-hybridized carbons (Fsp3) is 0.429. The predicted molar refractivity (Wildman–Crippen MR) is 80.4 cm³/mol. The molecule has 0 amide bonds. The molecule has 21 heavy (non-hydrogen) atoms. The number of benzene rings is 1. The number of rotatable bonds is 4. The molecule has 0 atom stereocenters. The molecule has 0 aromatic heterocycles. The van der Waals surface area contributed by atoms with Crippen LogP contribution in [-0.2, 0) is 14.8 Å². The van der Waals surface area contributed by atoms with Crippen molar-refractivity contribution < 1.29 is 13.2 Å². The third kappa shape index (κ3) is 4.46. The summed E-state index contributed by atoms with van der Waals surface area (Å²) in [6.07, 6.45) is 0. The van der Waals surface area contributed by atoms with Gasteiger partial charge in [0.2, 0.25) is 0 Å². The van der Waals surface area contributed by atoms with Crippen molar-refractivity contribution in [2.24, 2.45) is 4.40 Å². The van der Waals surface area contributed by atoms with Crippen molar-refractivity contribution in [2.45, 2.75) is 38.6 Å². The standard InChI is InChI=1S/C14H19N3O3S/c1-5-20-14(16-10(2)3)17-21(18,19)13-8-6-7-11(4)12(13)9-15/h6-8,10H,5H2,1-4H3,(H,16,17). The largest absolute Gasteiger partial charge is 0.465 e. The number of sulfonamides is 1. The van der Waals surface area contributed by atoms with Crippen molar-refractivity contribution in [3.8, 4) is 6.07 Å². The van der Waals surface area contributed by atoms with E-state index in [0.717, 1.165) is 0 Å². The molecule has 0 aliphatic heterocycles. The average molecular weight is 309 g/mol. The molecule has 0 spiro atoms. The Labute approximate surface area is 125 Å². The molecule has 7 heteroatoms. The average Bonchev–Trinajstić information content (AvgIpc) is 2.37. The maximum Gasteiger partial charge on any atom is 0.300 e. The van der Waals surface area contributed by atoms with E-state index in [9.17, 15) is 8.42 Å². The monoisotopic (exact) mass is 309 g/mol. The molecule has 6 nitrogen and oxygen atoms in total. The molecule has 0 heterocycles. The van der Waals surface area contributed by atoms with Crippen LogP contribution < -0.4 is 5.32 Å². The lowest BCUT2D eigenvalue weighted by atomic mass is 10.1. The van der Waals surface area contributed by atoms with E-state index in [1.807, 2.05) is 19.9 Å². The van der Waals surface area contributed by atoms with Crippen molar-refractivity contribution in [1.82, 2.24) is 5.32 Å². The lowest BCUT2D eigenvalue weighted by Gasteiger charge is -2.13. The number of aryl methyl sites for hydroxylation is 1. The van der Waals surface area contributed by atoms with Gasteiger partial charge in [0.15, 0.2) is 0 Å². The van der Waals surface area contributed by atoms with E-state index in [-0.39, 0.29) is 29.1 Å². The first-order valence-electron chi connectivity index (χ1n) is 6.55. The van der Waals surface area contributed by atoms with Crippen LogP contribution in [0.5, 0.6) is 0 Å². The Bertz CT molecular complexity index is 673. The molecule has 0 saturated carbocycles. The van der Waals surface area contributed by atoms with Gasteiger partial charge in [0.05, 0.1) is 12.2 Å². The summed E-state index contributed by atoms with van der Waals surface area (Å²) in [5.41, 5.74) is 0.685. The van der Waals surface area contributed by atoms with E-state index in [2.05, 4.69) is 9.71 Å². The van der Waals surface area contributed by atoms with Gasteiger partial charge >= 0.3 is 6.02 Å². The fourth-order valence-electron chi connectivity index (χ4n) is 1.64. The molecule has 1 rings (SSSR count). The molecule has 0 aliphatic rings. The van der Waals surface area contributed by atoms with Crippen molar-refractivity contribution in [3.05, 3.63) is 29.3 Å². The summed E-state index contributed by atoms with van der Waals surface area (Å²) in [7, 11) is -4.01. The molecule has 0 bridgehead atoms. The van der Waals surface area contributed by atoms with Gasteiger partial charge in [-0.25, -0.2) is 0 Å². The molecule has 1 aromatic rings. The summed E-state index contributed by atoms with van der Waals surface area (Å²) >= 11 is 0. The van der Waals surface area contributed by atoms with Gasteiger partial charge in [-0.3, -0.25) is 0 Å². The van der Waals surface area contributed by atoms with Crippen LogP contribution in [0.4, 0.5) is 0 Å². The molecule has 1 N–H and O–H groups in total. The van der Waals surface area contributed by atoms with Gasteiger partial charge in [0, 0.05) is 6.04 Å². The predicted octanol–water partition coefficient (Wildman–Crippen LogP) is 1.95. The summed E-state index contributed by atoms with van der Waals surface area (Å²) < 4.78 is 33.6. The molecule has 1 aromatic carbocycles. The van der Waals surface area contributed by atoms with Gasteiger partial charge < -0.3 is 10.1 Å². The Kier molecular flexibility index (Phi) is 5.73. The first kappa shape index (κ1) is 17.0. The highest BCUT2D eigenvalue weighted by molar-refractivity contribution is 7.90. The molecule has 0 fully saturated rings. The van der Waals surface area contributed by atoms with Crippen LogP contribution in [0.2, 0.25) is 0 Å². The van der Waals surface area contributed by atoms with Crippen LogP contribution in [0.1, 0.15) is 31.9 Å². The molecular weight excluding hydrogens is 290 g/mol. The summed E-state index contributed by atoms with van der Waals surface area (Å²) in [6, 6.07) is 6.43. The number of ether oxygens (including phenoxy) is 1. The molecule has 0 unspecified atom stereocenters. The van der Waals surface area contributed by atoms with Crippen molar-refractivity contribution >= 4 is 16.0 Å². The quantitative estimate of drug-likeness (QED) is 0.678. The minimum absolute atomic E-state index is 0.0292. The van der Waals surface area contributed by atoms with Crippen molar-refractivity contribution in [1.29, 1.82) is 5.26 Å². The van der Waals surface area contributed by atoms with Gasteiger partial charge in [0.25, 0.3) is 10.0 Å². The third-order valence-electron chi connectivity index (χ3n) is 2.52. The summed E-state index contributed by atoms with van der Waals surface area (Å²) in [5, 5.41) is 12.0. The van der Waals surface area contributed by atoms with E-state index in [1.54, 1.807) is 26.0 Å². The highest BCUT2D eigenvalue weighted by Gasteiger charge is 2.21. The Balaban J connectivity index is 3.34. The van der Waals surface area contributed by atoms with Gasteiger partial charge in [-0.1, -0.05) is 12.1 Å². The number of nitriles is 1. The highest BCUT2D eigenvalue weighted by Crippen LogP contribution is 2.20. The second-order valence-electron chi connectivity index (χ2n) is 4.66. The highest BCUT2D eigenvalue weighted by atomic mass is 32.2. The summed E-state index contributed by atoms with van der Waals surface area (Å²) in [4.78, 5) is -0.118. The lowest BCUT2D eigenvalue weighted by molar-refractivity contribution is 0.307. The zero-order chi connectivity index (χ0) is 16.0. The summed E-state index contributed by atoms with van der Waals surface area (Å²) in [6.45, 7) is 7.38. The van der Waals surface area contributed by atoms with E-state index >= 15 is 0 Å². The van der Waals surface area contributed by atoms with Crippen LogP contribution >= 0.6 is 0 Å². The number of amidine groups is 1. The fourth-order valence-corrected chi connectivity index (χ4v) is 2.77. The van der Waals surface area contributed by atoms with Crippen LogP contribution in [0.3, 0.4) is 0 Å². The number of nitrogens with one attached hydrogen (secondary N) is 1. The Morgan fingerprint density at radius 3 is 2.67 bits per heavy atom. The molecule has 0 saturated heterocycles. The first-order chi connectivity index (χ1) is 9.81. The second kappa shape index (κ2) is 7.09. The van der Waals surface area contributed by atoms with Crippen LogP contribution in [-0.4, -0.2) is 27.1 Å². The van der Waals surface area contributed by atoms with E-state index in [0.29, 0.717) is 5.56 Å². The SMILES string of the molecule is CCO/C(=N/S(=O)(=O)c1cccc(C)c1C#N)NC(C)C. The molecule has 0 aliphatic carbocycles. The molecular formula is C14H19N3O3S. The zero-order valence-electron chi connectivity index (χ0n) is 12.5. The summed E-state index contributed by atoms with van der Waals surface area (Å²) in [5.74, 6) is 0. The topological polar surface area (TPSA) is 91.5 Å².